The molecule has 1 saturated heterocycles. The summed E-state index contributed by atoms with van der Waals surface area (Å²) in [7, 11) is -3.79. The molecule has 1 fully saturated rings. The number of hydrogen-bond acceptors (Lipinski definition) is 4. The molecule has 2 aromatic carbocycles. The summed E-state index contributed by atoms with van der Waals surface area (Å²) in [5.74, 6) is -0.407. The van der Waals surface area contributed by atoms with Gasteiger partial charge in [0.15, 0.2) is 0 Å². The Hall–Kier alpha value is -2.40. The van der Waals surface area contributed by atoms with Gasteiger partial charge >= 0.3 is 0 Å². The zero-order chi connectivity index (χ0) is 18.7. The molecule has 0 radical (unpaired) electrons. The minimum atomic E-state index is -3.79. The van der Waals surface area contributed by atoms with E-state index in [1.807, 2.05) is 6.07 Å². The van der Waals surface area contributed by atoms with Crippen LogP contribution in [-0.4, -0.2) is 31.2 Å². The normalized spacial score (nSPS) is 17.6. The topological polar surface area (TPSA) is 90.3 Å². The van der Waals surface area contributed by atoms with Gasteiger partial charge in [-0.3, -0.25) is 4.79 Å². The Balaban J connectivity index is 1.82. The molecule has 2 aromatic rings. The van der Waals surface area contributed by atoms with Crippen LogP contribution in [0.3, 0.4) is 0 Å². The number of nitriles is 1. The van der Waals surface area contributed by atoms with E-state index in [0.717, 1.165) is 0 Å². The quantitative estimate of drug-likeness (QED) is 0.870. The Morgan fingerprint density at radius 2 is 1.96 bits per heavy atom. The van der Waals surface area contributed by atoms with Crippen LogP contribution in [0.1, 0.15) is 18.4 Å². The van der Waals surface area contributed by atoms with Crippen LogP contribution >= 0.6 is 11.6 Å². The summed E-state index contributed by atoms with van der Waals surface area (Å²) in [4.78, 5) is 12.7. The van der Waals surface area contributed by atoms with Gasteiger partial charge in [0.25, 0.3) is 0 Å². The predicted octanol–water partition coefficient (Wildman–Crippen LogP) is 3.00. The Kier molecular flexibility index (Phi) is 5.28. The van der Waals surface area contributed by atoms with Crippen LogP contribution < -0.4 is 5.32 Å². The molecule has 0 aromatic heterocycles. The molecule has 1 heterocycles. The first-order chi connectivity index (χ1) is 12.4. The van der Waals surface area contributed by atoms with E-state index in [-0.39, 0.29) is 11.4 Å². The van der Waals surface area contributed by atoms with Crippen molar-refractivity contribution >= 4 is 33.2 Å². The number of halogens is 1. The number of rotatable bonds is 4. The first-order valence-corrected chi connectivity index (χ1v) is 9.82. The third-order valence-corrected chi connectivity index (χ3v) is 6.36. The van der Waals surface area contributed by atoms with Crippen molar-refractivity contribution in [1.82, 2.24) is 4.31 Å². The number of nitrogens with one attached hydrogen (secondary N) is 1. The lowest BCUT2D eigenvalue weighted by Gasteiger charge is -2.23. The lowest BCUT2D eigenvalue weighted by molar-refractivity contribution is -0.119. The summed E-state index contributed by atoms with van der Waals surface area (Å²) >= 11 is 5.82. The van der Waals surface area contributed by atoms with Crippen LogP contribution in [0.25, 0.3) is 0 Å². The van der Waals surface area contributed by atoms with Crippen LogP contribution in [0.4, 0.5) is 5.69 Å². The molecule has 0 aliphatic carbocycles. The number of carbonyl (C=O) groups is 1. The van der Waals surface area contributed by atoms with Gasteiger partial charge < -0.3 is 5.32 Å². The third-order valence-electron chi connectivity index (χ3n) is 4.19. The Morgan fingerprint density at radius 3 is 2.65 bits per heavy atom. The molecule has 6 nitrogen and oxygen atoms in total. The van der Waals surface area contributed by atoms with E-state index in [1.54, 1.807) is 24.3 Å². The number of sulfonamides is 1. The maximum atomic E-state index is 12.9. The van der Waals surface area contributed by atoms with E-state index in [9.17, 15) is 13.2 Å². The number of carbonyl (C=O) groups excluding carboxylic acids is 1. The molecule has 0 saturated carbocycles. The molecule has 134 valence electrons. The molecule has 8 heteroatoms. The van der Waals surface area contributed by atoms with Gasteiger partial charge in [-0.05, 0) is 55.3 Å². The standard InChI is InChI=1S/C18H16ClN3O3S/c19-14-6-8-16(9-7-14)26(24,25)22-10-2-5-17(22)18(23)21-15-4-1-3-13(11-15)12-20/h1,3-4,6-9,11,17H,2,5,10H2,(H,21,23)/t17-/m0/s1. The Bertz CT molecular complexity index is 968. The maximum Gasteiger partial charge on any atom is 0.243 e. The molecule has 1 atom stereocenters. The van der Waals surface area contributed by atoms with Crippen LogP contribution in [0.15, 0.2) is 53.4 Å². The Morgan fingerprint density at radius 1 is 1.23 bits per heavy atom. The summed E-state index contributed by atoms with van der Waals surface area (Å²) in [6.45, 7) is 0.279. The van der Waals surface area contributed by atoms with Gasteiger partial charge in [0.1, 0.15) is 6.04 Å². The molecule has 1 aliphatic heterocycles. The molecule has 1 N–H and O–H groups in total. The number of benzene rings is 2. The molecule has 3 rings (SSSR count). The van der Waals surface area contributed by atoms with Gasteiger partial charge in [-0.25, -0.2) is 8.42 Å². The van der Waals surface area contributed by atoms with Crippen molar-refractivity contribution in [3.63, 3.8) is 0 Å². The fourth-order valence-electron chi connectivity index (χ4n) is 2.92. The second-order valence-electron chi connectivity index (χ2n) is 5.91. The molecule has 0 spiro atoms. The first kappa shape index (κ1) is 18.4. The van der Waals surface area contributed by atoms with Crippen molar-refractivity contribution < 1.29 is 13.2 Å². The first-order valence-electron chi connectivity index (χ1n) is 8.00. The second kappa shape index (κ2) is 7.46. The summed E-state index contributed by atoms with van der Waals surface area (Å²) in [5.41, 5.74) is 0.879. The fraction of sp³-hybridized carbons (Fsp3) is 0.222. The SMILES string of the molecule is N#Cc1cccc(NC(=O)[C@@H]2CCCN2S(=O)(=O)c2ccc(Cl)cc2)c1. The van der Waals surface area contributed by atoms with E-state index < -0.39 is 22.0 Å². The van der Waals surface area contributed by atoms with E-state index in [2.05, 4.69) is 5.32 Å². The highest BCUT2D eigenvalue weighted by Gasteiger charge is 2.39. The van der Waals surface area contributed by atoms with Gasteiger partial charge in [-0.2, -0.15) is 9.57 Å². The van der Waals surface area contributed by atoms with Gasteiger partial charge in [-0.1, -0.05) is 17.7 Å². The lowest BCUT2D eigenvalue weighted by Crippen LogP contribution is -2.43. The molecule has 0 bridgehead atoms. The molecule has 1 amide bonds. The maximum absolute atomic E-state index is 12.9. The molecule has 26 heavy (non-hydrogen) atoms. The van der Waals surface area contributed by atoms with E-state index in [1.165, 1.54) is 28.6 Å². The van der Waals surface area contributed by atoms with Gasteiger partial charge in [0.2, 0.25) is 15.9 Å². The fourth-order valence-corrected chi connectivity index (χ4v) is 4.71. The molecule has 1 aliphatic rings. The lowest BCUT2D eigenvalue weighted by atomic mass is 10.2. The van der Waals surface area contributed by atoms with Gasteiger partial charge in [0, 0.05) is 17.3 Å². The third kappa shape index (κ3) is 3.73. The van der Waals surface area contributed by atoms with Gasteiger partial charge in [0.05, 0.1) is 16.5 Å². The van der Waals surface area contributed by atoms with Crippen LogP contribution in [0.2, 0.25) is 5.02 Å². The minimum Gasteiger partial charge on any atom is -0.325 e. The van der Waals surface area contributed by atoms with Crippen molar-refractivity contribution in [3.05, 3.63) is 59.1 Å². The summed E-state index contributed by atoms with van der Waals surface area (Å²) in [6.07, 6.45) is 1.04. The smallest absolute Gasteiger partial charge is 0.243 e. The highest BCUT2D eigenvalue weighted by atomic mass is 35.5. The molecular formula is C18H16ClN3O3S. The van der Waals surface area contributed by atoms with E-state index >= 15 is 0 Å². The van der Waals surface area contributed by atoms with Crippen LogP contribution in [0.5, 0.6) is 0 Å². The second-order valence-corrected chi connectivity index (χ2v) is 8.24. The highest BCUT2D eigenvalue weighted by molar-refractivity contribution is 7.89. The zero-order valence-electron chi connectivity index (χ0n) is 13.7. The van der Waals surface area contributed by atoms with Crippen molar-refractivity contribution in [2.75, 3.05) is 11.9 Å². The van der Waals surface area contributed by atoms with E-state index in [4.69, 9.17) is 16.9 Å². The molecular weight excluding hydrogens is 374 g/mol. The Labute approximate surface area is 157 Å². The largest absolute Gasteiger partial charge is 0.325 e. The minimum absolute atomic E-state index is 0.105. The van der Waals surface area contributed by atoms with Crippen molar-refractivity contribution in [2.45, 2.75) is 23.8 Å². The number of anilines is 1. The monoisotopic (exact) mass is 389 g/mol. The zero-order valence-corrected chi connectivity index (χ0v) is 15.3. The van der Waals surface area contributed by atoms with Crippen molar-refractivity contribution in [2.24, 2.45) is 0 Å². The van der Waals surface area contributed by atoms with Crippen molar-refractivity contribution in [1.29, 1.82) is 5.26 Å². The number of hydrogen-bond donors (Lipinski definition) is 1. The predicted molar refractivity (Wildman–Crippen MR) is 98.2 cm³/mol. The average molecular weight is 390 g/mol. The van der Waals surface area contributed by atoms with Crippen LogP contribution in [0, 0.1) is 11.3 Å². The van der Waals surface area contributed by atoms with Crippen molar-refractivity contribution in [3.8, 4) is 6.07 Å². The summed E-state index contributed by atoms with van der Waals surface area (Å²) < 4.78 is 27.0. The number of nitrogens with zero attached hydrogens (tertiary/aromatic N) is 2. The summed E-state index contributed by atoms with van der Waals surface area (Å²) in [5, 5.41) is 12.1. The average Bonchev–Trinajstić information content (AvgIpc) is 3.13. The van der Waals surface area contributed by atoms with E-state index in [0.29, 0.717) is 29.1 Å². The van der Waals surface area contributed by atoms with Gasteiger partial charge in [-0.15, -0.1) is 0 Å². The van der Waals surface area contributed by atoms with Crippen LogP contribution in [-0.2, 0) is 14.8 Å². The molecule has 0 unspecified atom stereocenters. The highest BCUT2D eigenvalue weighted by Crippen LogP contribution is 2.27. The summed E-state index contributed by atoms with van der Waals surface area (Å²) in [6, 6.07) is 13.6. The number of amides is 1.